The second-order valence-electron chi connectivity index (χ2n) is 5.75. The zero-order chi connectivity index (χ0) is 14.5. The molecule has 112 valence electrons. The van der Waals surface area contributed by atoms with Crippen molar-refractivity contribution in [3.8, 4) is 0 Å². The molecule has 5 N–H and O–H groups in total. The number of nitrogens with two attached hydrogens (primary N) is 1. The molecule has 2 rings (SSSR count). The van der Waals surface area contributed by atoms with E-state index in [4.69, 9.17) is 5.84 Å². The van der Waals surface area contributed by atoms with Gasteiger partial charge >= 0.3 is 0 Å². The van der Waals surface area contributed by atoms with Crippen LogP contribution in [0.5, 0.6) is 0 Å². The summed E-state index contributed by atoms with van der Waals surface area (Å²) in [6, 6.07) is 1.83. The first-order valence-electron chi connectivity index (χ1n) is 7.40. The molecule has 6 heteroatoms. The van der Waals surface area contributed by atoms with Crippen molar-refractivity contribution >= 4 is 11.6 Å². The van der Waals surface area contributed by atoms with E-state index in [1.54, 1.807) is 6.07 Å². The van der Waals surface area contributed by atoms with Gasteiger partial charge in [0.25, 0.3) is 0 Å². The first-order valence-corrected chi connectivity index (χ1v) is 7.40. The predicted octanol–water partition coefficient (Wildman–Crippen LogP) is 1.99. The maximum Gasteiger partial charge on any atom is 0.145 e. The number of rotatable bonds is 4. The fraction of sp³-hybridized carbons (Fsp3) is 0.714. The van der Waals surface area contributed by atoms with Crippen molar-refractivity contribution in [2.75, 3.05) is 10.7 Å². The van der Waals surface area contributed by atoms with Gasteiger partial charge in [0, 0.05) is 12.0 Å². The van der Waals surface area contributed by atoms with E-state index < -0.39 is 0 Å². The number of hydrogen-bond acceptors (Lipinski definition) is 6. The summed E-state index contributed by atoms with van der Waals surface area (Å²) in [5, 5.41) is 13.5. The molecule has 1 aliphatic carbocycles. The number of hydrogen-bond donors (Lipinski definition) is 4. The maximum absolute atomic E-state index is 10.2. The summed E-state index contributed by atoms with van der Waals surface area (Å²) in [5.41, 5.74) is 2.57. The number of anilines is 2. The molecule has 2 atom stereocenters. The van der Waals surface area contributed by atoms with Crippen LogP contribution in [0.2, 0.25) is 0 Å². The number of nitrogens with zero attached hydrogens (tertiary/aromatic N) is 2. The third-order valence-electron chi connectivity index (χ3n) is 3.72. The fourth-order valence-electron chi connectivity index (χ4n) is 2.52. The number of aliphatic hydroxyl groups is 1. The molecule has 0 radical (unpaired) electrons. The lowest BCUT2D eigenvalue weighted by molar-refractivity contribution is 0.144. The Morgan fingerprint density at radius 1 is 1.20 bits per heavy atom. The lowest BCUT2D eigenvalue weighted by atomic mass is 10.1. The van der Waals surface area contributed by atoms with Gasteiger partial charge in [-0.15, -0.1) is 0 Å². The van der Waals surface area contributed by atoms with Gasteiger partial charge in [-0.3, -0.25) is 0 Å². The van der Waals surface area contributed by atoms with Crippen LogP contribution < -0.4 is 16.6 Å². The Balaban J connectivity index is 2.16. The Labute approximate surface area is 120 Å². The first-order chi connectivity index (χ1) is 9.60. The van der Waals surface area contributed by atoms with Crippen LogP contribution in [0.3, 0.4) is 0 Å². The number of aliphatic hydroxyl groups excluding tert-OH is 1. The minimum Gasteiger partial charge on any atom is -0.391 e. The van der Waals surface area contributed by atoms with Crippen LogP contribution in [0.15, 0.2) is 6.07 Å². The summed E-state index contributed by atoms with van der Waals surface area (Å²) in [7, 11) is 0. The zero-order valence-corrected chi connectivity index (χ0v) is 12.3. The molecule has 0 bridgehead atoms. The summed E-state index contributed by atoms with van der Waals surface area (Å²) >= 11 is 0. The highest BCUT2D eigenvalue weighted by Gasteiger charge is 2.22. The Bertz CT molecular complexity index is 438. The molecule has 1 heterocycles. The van der Waals surface area contributed by atoms with Gasteiger partial charge in [-0.25, -0.2) is 15.8 Å². The minimum absolute atomic E-state index is 0.0537. The van der Waals surface area contributed by atoms with Gasteiger partial charge in [-0.1, -0.05) is 33.1 Å². The van der Waals surface area contributed by atoms with E-state index in [0.717, 1.165) is 37.3 Å². The van der Waals surface area contributed by atoms with Gasteiger partial charge in [-0.05, 0) is 12.8 Å². The van der Waals surface area contributed by atoms with E-state index >= 15 is 0 Å². The number of nitrogen functional groups attached to an aromatic ring is 1. The van der Waals surface area contributed by atoms with Gasteiger partial charge in [0.2, 0.25) is 0 Å². The topological polar surface area (TPSA) is 96.1 Å². The molecule has 6 nitrogen and oxygen atoms in total. The SMILES string of the molecule is CC(C)c1nc(NN)cc(NC2CCCCCC2O)n1. The molecule has 1 aromatic heterocycles. The van der Waals surface area contributed by atoms with Crippen molar-refractivity contribution < 1.29 is 5.11 Å². The highest BCUT2D eigenvalue weighted by molar-refractivity contribution is 5.47. The largest absolute Gasteiger partial charge is 0.391 e. The van der Waals surface area contributed by atoms with E-state index in [-0.39, 0.29) is 18.1 Å². The highest BCUT2D eigenvalue weighted by atomic mass is 16.3. The van der Waals surface area contributed by atoms with Gasteiger partial charge in [0.15, 0.2) is 0 Å². The van der Waals surface area contributed by atoms with Crippen LogP contribution in [-0.2, 0) is 0 Å². The molecule has 0 amide bonds. The molecule has 0 aromatic carbocycles. The summed E-state index contributed by atoms with van der Waals surface area (Å²) in [6.07, 6.45) is 4.92. The number of aromatic nitrogens is 2. The van der Waals surface area contributed by atoms with Crippen molar-refractivity contribution in [3.63, 3.8) is 0 Å². The lowest BCUT2D eigenvalue weighted by Crippen LogP contribution is -2.33. The fourth-order valence-corrected chi connectivity index (χ4v) is 2.52. The average Bonchev–Trinajstić information content (AvgIpc) is 2.64. The molecule has 0 spiro atoms. The summed E-state index contributed by atoms with van der Waals surface area (Å²) < 4.78 is 0. The molecule has 2 unspecified atom stereocenters. The third kappa shape index (κ3) is 3.80. The monoisotopic (exact) mass is 279 g/mol. The minimum atomic E-state index is -0.316. The Morgan fingerprint density at radius 2 is 1.90 bits per heavy atom. The van der Waals surface area contributed by atoms with E-state index in [2.05, 4.69) is 20.7 Å². The molecular formula is C14H25N5O. The molecule has 0 aliphatic heterocycles. The van der Waals surface area contributed by atoms with E-state index in [0.29, 0.717) is 5.82 Å². The molecular weight excluding hydrogens is 254 g/mol. The number of nitrogens with one attached hydrogen (secondary N) is 2. The van der Waals surface area contributed by atoms with E-state index in [1.807, 2.05) is 13.8 Å². The summed E-state index contributed by atoms with van der Waals surface area (Å²) in [6.45, 7) is 4.08. The van der Waals surface area contributed by atoms with Gasteiger partial charge in [-0.2, -0.15) is 0 Å². The first kappa shape index (κ1) is 15.0. The van der Waals surface area contributed by atoms with Crippen LogP contribution in [0.1, 0.15) is 57.7 Å². The Hall–Kier alpha value is -1.40. The third-order valence-corrected chi connectivity index (χ3v) is 3.72. The summed E-state index contributed by atoms with van der Waals surface area (Å²) in [4.78, 5) is 8.84. The normalized spacial score (nSPS) is 23.4. The van der Waals surface area contributed by atoms with Crippen LogP contribution in [0.25, 0.3) is 0 Å². The van der Waals surface area contributed by atoms with Gasteiger partial charge in [0.05, 0.1) is 12.1 Å². The van der Waals surface area contributed by atoms with Crippen molar-refractivity contribution in [2.24, 2.45) is 5.84 Å². The van der Waals surface area contributed by atoms with Crippen LogP contribution >= 0.6 is 0 Å². The van der Waals surface area contributed by atoms with E-state index in [9.17, 15) is 5.11 Å². The molecule has 1 aromatic rings. The van der Waals surface area contributed by atoms with Crippen LogP contribution in [-0.4, -0.2) is 27.2 Å². The Kier molecular flexibility index (Phi) is 5.14. The van der Waals surface area contributed by atoms with Crippen molar-refractivity contribution in [1.82, 2.24) is 9.97 Å². The van der Waals surface area contributed by atoms with Gasteiger partial charge in [0.1, 0.15) is 17.5 Å². The molecule has 0 saturated heterocycles. The smallest absolute Gasteiger partial charge is 0.145 e. The van der Waals surface area contributed by atoms with Gasteiger partial charge < -0.3 is 15.8 Å². The van der Waals surface area contributed by atoms with Crippen molar-refractivity contribution in [3.05, 3.63) is 11.9 Å². The summed E-state index contributed by atoms with van der Waals surface area (Å²) in [5.74, 6) is 7.74. The van der Waals surface area contributed by atoms with Crippen LogP contribution in [0, 0.1) is 0 Å². The standard InChI is InChI=1S/C14H25N5O/c1-9(2)14-17-12(8-13(18-14)19-15)16-10-6-4-3-5-7-11(10)20/h8-11,20H,3-7,15H2,1-2H3,(H2,16,17,18,19). The predicted molar refractivity (Wildman–Crippen MR) is 80.4 cm³/mol. The average molecular weight is 279 g/mol. The van der Waals surface area contributed by atoms with Crippen molar-refractivity contribution in [2.45, 2.75) is 64.0 Å². The molecule has 1 saturated carbocycles. The molecule has 20 heavy (non-hydrogen) atoms. The highest BCUT2D eigenvalue weighted by Crippen LogP contribution is 2.23. The second-order valence-corrected chi connectivity index (χ2v) is 5.75. The lowest BCUT2D eigenvalue weighted by Gasteiger charge is -2.23. The molecule has 1 fully saturated rings. The van der Waals surface area contributed by atoms with Crippen molar-refractivity contribution in [1.29, 1.82) is 0 Å². The maximum atomic E-state index is 10.2. The second kappa shape index (κ2) is 6.85. The number of hydrazine groups is 1. The molecule has 1 aliphatic rings. The quantitative estimate of drug-likeness (QED) is 0.382. The van der Waals surface area contributed by atoms with Crippen LogP contribution in [0.4, 0.5) is 11.6 Å². The zero-order valence-electron chi connectivity index (χ0n) is 12.3. The Morgan fingerprint density at radius 3 is 2.60 bits per heavy atom. The van der Waals surface area contributed by atoms with E-state index in [1.165, 1.54) is 6.42 Å².